The van der Waals surface area contributed by atoms with E-state index in [1.807, 2.05) is 0 Å². The van der Waals surface area contributed by atoms with Crippen LogP contribution in [-0.2, 0) is 0 Å². The molecule has 4 heterocycles. The summed E-state index contributed by atoms with van der Waals surface area (Å²) in [5.74, 6) is 6.15. The highest BCUT2D eigenvalue weighted by Crippen LogP contribution is 2.33. The maximum Gasteiger partial charge on any atom is 0.273 e. The number of nitrogens with zero attached hydrogens (tertiary/aromatic N) is 5. The molecule has 2 aliphatic rings. The van der Waals surface area contributed by atoms with Crippen molar-refractivity contribution in [1.82, 2.24) is 30.3 Å². The Morgan fingerprint density at radius 2 is 2.14 bits per heavy atom. The number of halogens is 2. The summed E-state index contributed by atoms with van der Waals surface area (Å²) in [7, 11) is 0. The first-order valence-electron chi connectivity index (χ1n) is 11.5. The lowest BCUT2D eigenvalue weighted by molar-refractivity contribution is 0.102. The lowest BCUT2D eigenvalue weighted by Crippen LogP contribution is -2.33. The lowest BCUT2D eigenvalue weighted by Gasteiger charge is -2.23. The fraction of sp³-hybridized carbons (Fsp3) is 0.280. The van der Waals surface area contributed by atoms with Crippen molar-refractivity contribution in [3.63, 3.8) is 0 Å². The first-order chi connectivity index (χ1) is 17.8. The monoisotopic (exact) mass is 537 g/mol. The Labute approximate surface area is 220 Å². The second-order valence-corrected chi connectivity index (χ2v) is 10.1. The molecule has 0 spiro atoms. The van der Waals surface area contributed by atoms with Crippen molar-refractivity contribution in [1.29, 1.82) is 0 Å². The molecule has 2 N–H and O–H groups in total. The number of rotatable bonds is 5. The van der Waals surface area contributed by atoms with Gasteiger partial charge in [0, 0.05) is 35.5 Å². The van der Waals surface area contributed by atoms with Gasteiger partial charge in [-0.3, -0.25) is 14.9 Å². The minimum atomic E-state index is -1.23. The standard InChI is InChI=1S/C25H21ClFN7O2S/c1-13-7-23(35)34(30-10-13)21-9-16(17-8-20(14(2)27)28-12-19(17)26)18(11-29-21)24(36)31-25-33-32-22(37-25)6-5-15-3-4-15/h7-12,14-15,20,28H,3-4H2,1-2H3,(H,31,33,36). The van der Waals surface area contributed by atoms with Gasteiger partial charge in [-0.05, 0) is 44.2 Å². The van der Waals surface area contributed by atoms with Crippen LogP contribution in [0, 0.1) is 24.7 Å². The van der Waals surface area contributed by atoms with Gasteiger partial charge in [0.15, 0.2) is 10.8 Å². The first kappa shape index (κ1) is 24.8. The predicted molar refractivity (Wildman–Crippen MR) is 139 cm³/mol. The van der Waals surface area contributed by atoms with Gasteiger partial charge in [0.1, 0.15) is 6.17 Å². The van der Waals surface area contributed by atoms with Crippen LogP contribution in [0.1, 0.15) is 46.3 Å². The normalized spacial score (nSPS) is 17.6. The van der Waals surface area contributed by atoms with Crippen molar-refractivity contribution in [2.24, 2.45) is 5.92 Å². The van der Waals surface area contributed by atoms with Crippen molar-refractivity contribution in [3.05, 3.63) is 73.9 Å². The summed E-state index contributed by atoms with van der Waals surface area (Å²) < 4.78 is 15.3. The molecule has 1 saturated carbocycles. The molecule has 1 aliphatic carbocycles. The molecule has 1 aliphatic heterocycles. The lowest BCUT2D eigenvalue weighted by atomic mass is 9.95. The smallest absolute Gasteiger partial charge is 0.273 e. The third-order valence-corrected chi connectivity index (χ3v) is 6.75. The Hall–Kier alpha value is -3.88. The summed E-state index contributed by atoms with van der Waals surface area (Å²) in [5, 5.41) is 18.8. The molecule has 3 aromatic heterocycles. The molecule has 0 aromatic carbocycles. The topological polar surface area (TPSA) is 115 Å². The van der Waals surface area contributed by atoms with Crippen molar-refractivity contribution in [2.45, 2.75) is 38.9 Å². The number of carbonyl (C=O) groups excluding carboxylic acids is 1. The van der Waals surface area contributed by atoms with E-state index in [0.29, 0.717) is 27.6 Å². The van der Waals surface area contributed by atoms with Crippen LogP contribution >= 0.6 is 22.9 Å². The number of amides is 1. The molecule has 12 heteroatoms. The molecular formula is C25H21ClFN7O2S. The number of dihydropyridines is 1. The molecule has 188 valence electrons. The van der Waals surface area contributed by atoms with E-state index in [1.165, 1.54) is 37.7 Å². The quantitative estimate of drug-likeness (QED) is 0.478. The van der Waals surface area contributed by atoms with Crippen LogP contribution in [0.3, 0.4) is 0 Å². The van der Waals surface area contributed by atoms with Gasteiger partial charge in [-0.1, -0.05) is 34.9 Å². The third kappa shape index (κ3) is 5.60. The molecule has 3 aromatic rings. The van der Waals surface area contributed by atoms with Crippen molar-refractivity contribution >= 4 is 39.5 Å². The van der Waals surface area contributed by atoms with Crippen LogP contribution in [0.15, 0.2) is 46.6 Å². The number of anilines is 1. The van der Waals surface area contributed by atoms with E-state index in [9.17, 15) is 14.0 Å². The molecule has 9 nitrogen and oxygen atoms in total. The van der Waals surface area contributed by atoms with E-state index < -0.39 is 18.1 Å². The summed E-state index contributed by atoms with van der Waals surface area (Å²) in [6.07, 6.45) is 6.89. The van der Waals surface area contributed by atoms with E-state index in [4.69, 9.17) is 11.6 Å². The van der Waals surface area contributed by atoms with Crippen LogP contribution in [0.4, 0.5) is 9.52 Å². The summed E-state index contributed by atoms with van der Waals surface area (Å²) >= 11 is 7.64. The summed E-state index contributed by atoms with van der Waals surface area (Å²) in [6.45, 7) is 3.17. The second-order valence-electron chi connectivity index (χ2n) is 8.72. The number of alkyl halides is 1. The number of nitrogens with one attached hydrogen (secondary N) is 2. The Bertz CT molecular complexity index is 1560. The summed E-state index contributed by atoms with van der Waals surface area (Å²) in [6, 6.07) is 2.28. The molecule has 0 saturated heterocycles. The van der Waals surface area contributed by atoms with Crippen LogP contribution in [0.25, 0.3) is 11.4 Å². The van der Waals surface area contributed by atoms with Gasteiger partial charge in [0.2, 0.25) is 5.13 Å². The van der Waals surface area contributed by atoms with Crippen LogP contribution in [0.5, 0.6) is 0 Å². The average Bonchev–Trinajstić information content (AvgIpc) is 3.60. The molecule has 0 bridgehead atoms. The molecular weight excluding hydrogens is 517 g/mol. The highest BCUT2D eigenvalue weighted by Gasteiger charge is 2.25. The van der Waals surface area contributed by atoms with Gasteiger partial charge < -0.3 is 5.32 Å². The molecule has 2 unspecified atom stereocenters. The maximum atomic E-state index is 14.2. The molecule has 37 heavy (non-hydrogen) atoms. The van der Waals surface area contributed by atoms with Crippen molar-refractivity contribution in [2.75, 3.05) is 5.32 Å². The Morgan fingerprint density at radius 3 is 2.86 bits per heavy atom. The number of aryl methyl sites for hydroxylation is 1. The fourth-order valence-electron chi connectivity index (χ4n) is 3.55. The molecule has 0 radical (unpaired) electrons. The number of pyridine rings is 1. The van der Waals surface area contributed by atoms with E-state index in [2.05, 4.69) is 42.8 Å². The van der Waals surface area contributed by atoms with Crippen LogP contribution < -0.4 is 16.2 Å². The van der Waals surface area contributed by atoms with E-state index >= 15 is 0 Å². The SMILES string of the molecule is Cc1cnn(-c2cc(C3=CC(C(C)F)NC=C3Cl)c(C(=O)Nc3nnc(C#CC4CC4)s3)cn2)c(=O)c1. The minimum Gasteiger partial charge on any atom is -0.381 e. The van der Waals surface area contributed by atoms with Gasteiger partial charge in [0.25, 0.3) is 11.5 Å². The van der Waals surface area contributed by atoms with Gasteiger partial charge in [-0.25, -0.2) is 9.37 Å². The molecule has 1 amide bonds. The molecule has 2 atom stereocenters. The van der Waals surface area contributed by atoms with Crippen LogP contribution in [0.2, 0.25) is 0 Å². The van der Waals surface area contributed by atoms with Crippen molar-refractivity contribution in [3.8, 4) is 17.7 Å². The minimum absolute atomic E-state index is 0.148. The summed E-state index contributed by atoms with van der Waals surface area (Å²) in [4.78, 5) is 30.2. The van der Waals surface area contributed by atoms with Crippen LogP contribution in [-0.4, -0.2) is 43.1 Å². The van der Waals surface area contributed by atoms with Gasteiger partial charge in [-0.2, -0.15) is 9.78 Å². The zero-order valence-corrected chi connectivity index (χ0v) is 21.4. The highest BCUT2D eigenvalue weighted by molar-refractivity contribution is 7.15. The van der Waals surface area contributed by atoms with Crippen molar-refractivity contribution < 1.29 is 9.18 Å². The predicted octanol–water partition coefficient (Wildman–Crippen LogP) is 3.59. The Balaban J connectivity index is 1.54. The molecule has 1 fully saturated rings. The van der Waals surface area contributed by atoms with Gasteiger partial charge >= 0.3 is 0 Å². The highest BCUT2D eigenvalue weighted by atomic mass is 35.5. The maximum absolute atomic E-state index is 14.2. The zero-order valence-electron chi connectivity index (χ0n) is 19.8. The van der Waals surface area contributed by atoms with E-state index in [-0.39, 0.29) is 27.1 Å². The second kappa shape index (κ2) is 10.2. The fourth-order valence-corrected chi connectivity index (χ4v) is 4.38. The third-order valence-electron chi connectivity index (χ3n) is 5.68. The number of hydrogen-bond donors (Lipinski definition) is 2. The molecule has 5 rings (SSSR count). The number of allylic oxidation sites excluding steroid dienone is 2. The number of aromatic nitrogens is 5. The van der Waals surface area contributed by atoms with E-state index in [1.54, 1.807) is 13.0 Å². The largest absolute Gasteiger partial charge is 0.381 e. The first-order valence-corrected chi connectivity index (χ1v) is 12.7. The van der Waals surface area contributed by atoms with Gasteiger partial charge in [-0.15, -0.1) is 10.2 Å². The Kier molecular flexibility index (Phi) is 6.86. The zero-order chi connectivity index (χ0) is 26.1. The summed E-state index contributed by atoms with van der Waals surface area (Å²) in [5.41, 5.74) is 1.22. The number of carbonyl (C=O) groups is 1. The van der Waals surface area contributed by atoms with Gasteiger partial charge in [0.05, 0.1) is 22.8 Å². The van der Waals surface area contributed by atoms with E-state index in [0.717, 1.165) is 28.9 Å². The number of hydrogen-bond acceptors (Lipinski definition) is 8. The average molecular weight is 538 g/mol. The Morgan fingerprint density at radius 1 is 1.32 bits per heavy atom.